The van der Waals surface area contributed by atoms with Crippen molar-refractivity contribution in [2.75, 3.05) is 20.8 Å². The quantitative estimate of drug-likeness (QED) is 0.129. The molecule has 0 aliphatic heterocycles. The van der Waals surface area contributed by atoms with Gasteiger partial charge in [-0.2, -0.15) is 0 Å². The Balaban J connectivity index is 1.30. The Labute approximate surface area is 254 Å². The molecule has 220 valence electrons. The molecular weight excluding hydrogens is 536 g/mol. The molecule has 0 aliphatic carbocycles. The van der Waals surface area contributed by atoms with Crippen LogP contribution >= 0.6 is 0 Å². The van der Waals surface area contributed by atoms with E-state index in [2.05, 4.69) is 64.5 Å². The molecule has 0 radical (unpaired) electrons. The molecule has 5 aromatic rings. The molecule has 0 N–H and O–H groups in total. The van der Waals surface area contributed by atoms with Crippen molar-refractivity contribution in [2.24, 2.45) is 0 Å². The molecule has 5 rings (SSSR count). The summed E-state index contributed by atoms with van der Waals surface area (Å²) in [6, 6.07) is 38.7. The largest absolute Gasteiger partial charge is 0.493 e. The van der Waals surface area contributed by atoms with E-state index in [9.17, 15) is 0 Å². The second-order valence-corrected chi connectivity index (χ2v) is 10.3. The van der Waals surface area contributed by atoms with Crippen LogP contribution in [0.1, 0.15) is 27.9 Å². The molecule has 0 atom stereocenters. The third kappa shape index (κ3) is 8.84. The molecule has 6 heteroatoms. The highest BCUT2D eigenvalue weighted by atomic mass is 16.5. The zero-order chi connectivity index (χ0) is 29.7. The Kier molecular flexibility index (Phi) is 10.6. The van der Waals surface area contributed by atoms with Gasteiger partial charge in [-0.15, -0.1) is 0 Å². The summed E-state index contributed by atoms with van der Waals surface area (Å²) in [7, 11) is 3.36. The van der Waals surface area contributed by atoms with E-state index < -0.39 is 0 Å². The number of benzene rings is 4. The van der Waals surface area contributed by atoms with E-state index in [1.54, 1.807) is 14.2 Å². The van der Waals surface area contributed by atoms with Gasteiger partial charge in [0.1, 0.15) is 13.2 Å². The number of rotatable bonds is 15. The summed E-state index contributed by atoms with van der Waals surface area (Å²) < 4.78 is 23.6. The Hall–Kier alpha value is -4.81. The van der Waals surface area contributed by atoms with Gasteiger partial charge in [-0.1, -0.05) is 78.9 Å². The van der Waals surface area contributed by atoms with Crippen LogP contribution in [0.15, 0.2) is 121 Å². The van der Waals surface area contributed by atoms with Crippen LogP contribution in [0, 0.1) is 0 Å². The predicted molar refractivity (Wildman–Crippen MR) is 170 cm³/mol. The SMILES string of the molecule is COc1cc(CN(CCc2ccccn2)Cc2ccc(OCc3ccccc3)c(OC)c2)ccc1OCc1ccccc1. The topological polar surface area (TPSA) is 53.1 Å². The van der Waals surface area contributed by atoms with Crippen molar-refractivity contribution in [3.63, 3.8) is 0 Å². The third-order valence-corrected chi connectivity index (χ3v) is 7.15. The molecule has 0 aliphatic rings. The van der Waals surface area contributed by atoms with Crippen LogP contribution in [0.2, 0.25) is 0 Å². The van der Waals surface area contributed by atoms with Gasteiger partial charge in [0.05, 0.1) is 14.2 Å². The Bertz CT molecular complexity index is 1450. The minimum atomic E-state index is 0.486. The maximum atomic E-state index is 6.09. The van der Waals surface area contributed by atoms with E-state index in [1.165, 1.54) is 0 Å². The molecule has 0 saturated carbocycles. The average Bonchev–Trinajstić information content (AvgIpc) is 3.07. The van der Waals surface area contributed by atoms with Gasteiger partial charge in [0.25, 0.3) is 0 Å². The molecule has 1 heterocycles. The van der Waals surface area contributed by atoms with Gasteiger partial charge in [-0.25, -0.2) is 0 Å². The summed E-state index contributed by atoms with van der Waals surface area (Å²) in [5.41, 5.74) is 5.57. The lowest BCUT2D eigenvalue weighted by molar-refractivity contribution is 0.255. The molecule has 43 heavy (non-hydrogen) atoms. The van der Waals surface area contributed by atoms with Gasteiger partial charge >= 0.3 is 0 Å². The maximum Gasteiger partial charge on any atom is 0.161 e. The number of hydrogen-bond donors (Lipinski definition) is 0. The third-order valence-electron chi connectivity index (χ3n) is 7.15. The molecule has 0 fully saturated rings. The standard InChI is InChI=1S/C37H38N2O4/c1-40-36-23-31(16-18-34(36)42-27-29-11-5-3-6-12-29)25-39(22-20-33-15-9-10-21-38-33)26-32-17-19-35(37(24-32)41-2)43-28-30-13-7-4-8-14-30/h3-19,21,23-24H,20,22,25-28H2,1-2H3. The van der Waals surface area contributed by atoms with E-state index >= 15 is 0 Å². The minimum absolute atomic E-state index is 0.486. The number of nitrogens with zero attached hydrogens (tertiary/aromatic N) is 2. The van der Waals surface area contributed by atoms with Crippen molar-refractivity contribution in [1.29, 1.82) is 0 Å². The minimum Gasteiger partial charge on any atom is -0.493 e. The van der Waals surface area contributed by atoms with Crippen LogP contribution in [-0.4, -0.2) is 30.6 Å². The molecule has 0 amide bonds. The molecule has 1 aromatic heterocycles. The van der Waals surface area contributed by atoms with E-state index in [1.807, 2.05) is 66.9 Å². The summed E-state index contributed by atoms with van der Waals surface area (Å²) in [6.45, 7) is 3.27. The molecule has 6 nitrogen and oxygen atoms in total. The smallest absolute Gasteiger partial charge is 0.161 e. The number of hydrogen-bond acceptors (Lipinski definition) is 6. The van der Waals surface area contributed by atoms with Gasteiger partial charge in [0.2, 0.25) is 0 Å². The lowest BCUT2D eigenvalue weighted by Gasteiger charge is -2.24. The zero-order valence-electron chi connectivity index (χ0n) is 24.8. The first-order valence-electron chi connectivity index (χ1n) is 14.5. The zero-order valence-corrected chi connectivity index (χ0v) is 24.8. The summed E-state index contributed by atoms with van der Waals surface area (Å²) >= 11 is 0. The fraction of sp³-hybridized carbons (Fsp3) is 0.216. The van der Waals surface area contributed by atoms with E-state index in [-0.39, 0.29) is 0 Å². The van der Waals surface area contributed by atoms with Gasteiger partial charge < -0.3 is 18.9 Å². The van der Waals surface area contributed by atoms with Crippen molar-refractivity contribution in [3.8, 4) is 23.0 Å². The molecule has 0 spiro atoms. The van der Waals surface area contributed by atoms with Crippen LogP contribution < -0.4 is 18.9 Å². The van der Waals surface area contributed by atoms with Gasteiger partial charge in [-0.05, 0) is 58.7 Å². The maximum absolute atomic E-state index is 6.09. The Morgan fingerprint density at radius 1 is 0.535 bits per heavy atom. The van der Waals surface area contributed by atoms with Crippen LogP contribution in [0.3, 0.4) is 0 Å². The van der Waals surface area contributed by atoms with E-state index in [4.69, 9.17) is 18.9 Å². The molecule has 0 saturated heterocycles. The fourth-order valence-corrected chi connectivity index (χ4v) is 4.88. The number of methoxy groups -OCH3 is 2. The Morgan fingerprint density at radius 3 is 1.51 bits per heavy atom. The van der Waals surface area contributed by atoms with E-state index in [0.29, 0.717) is 13.2 Å². The summed E-state index contributed by atoms with van der Waals surface area (Å²) in [5, 5.41) is 0. The molecular formula is C37H38N2O4. The highest BCUT2D eigenvalue weighted by molar-refractivity contribution is 5.44. The average molecular weight is 575 g/mol. The number of pyridine rings is 1. The summed E-state index contributed by atoms with van der Waals surface area (Å²) in [4.78, 5) is 6.94. The highest BCUT2D eigenvalue weighted by Gasteiger charge is 2.14. The van der Waals surface area contributed by atoms with Gasteiger partial charge in [0, 0.05) is 37.9 Å². The summed E-state index contributed by atoms with van der Waals surface area (Å²) in [6.07, 6.45) is 2.68. The highest BCUT2D eigenvalue weighted by Crippen LogP contribution is 2.31. The van der Waals surface area contributed by atoms with E-state index in [0.717, 1.165) is 77.0 Å². The van der Waals surface area contributed by atoms with Crippen LogP contribution in [0.4, 0.5) is 0 Å². The fourth-order valence-electron chi connectivity index (χ4n) is 4.88. The molecule has 4 aromatic carbocycles. The molecule has 0 bridgehead atoms. The number of aromatic nitrogens is 1. The number of ether oxygens (including phenoxy) is 4. The van der Waals surface area contributed by atoms with Crippen molar-refractivity contribution in [3.05, 3.63) is 149 Å². The van der Waals surface area contributed by atoms with Crippen molar-refractivity contribution < 1.29 is 18.9 Å². The van der Waals surface area contributed by atoms with Gasteiger partial charge in [0.15, 0.2) is 23.0 Å². The van der Waals surface area contributed by atoms with Crippen molar-refractivity contribution in [1.82, 2.24) is 9.88 Å². The van der Waals surface area contributed by atoms with Crippen LogP contribution in [0.5, 0.6) is 23.0 Å². The second-order valence-electron chi connectivity index (χ2n) is 10.3. The first kappa shape index (κ1) is 29.7. The Morgan fingerprint density at radius 2 is 1.05 bits per heavy atom. The second kappa shape index (κ2) is 15.4. The lowest BCUT2D eigenvalue weighted by atomic mass is 10.1. The first-order chi connectivity index (χ1) is 21.2. The molecule has 0 unspecified atom stereocenters. The monoisotopic (exact) mass is 574 g/mol. The van der Waals surface area contributed by atoms with Gasteiger partial charge in [-0.3, -0.25) is 9.88 Å². The van der Waals surface area contributed by atoms with Crippen LogP contribution in [0.25, 0.3) is 0 Å². The predicted octanol–water partition coefficient (Wildman–Crippen LogP) is 7.50. The van der Waals surface area contributed by atoms with Crippen molar-refractivity contribution >= 4 is 0 Å². The lowest BCUT2D eigenvalue weighted by Crippen LogP contribution is -2.25. The normalized spacial score (nSPS) is 10.9. The summed E-state index contributed by atoms with van der Waals surface area (Å²) in [5.74, 6) is 2.90. The first-order valence-corrected chi connectivity index (χ1v) is 14.5. The van der Waals surface area contributed by atoms with Crippen LogP contribution in [-0.2, 0) is 32.7 Å². The van der Waals surface area contributed by atoms with Crippen molar-refractivity contribution in [2.45, 2.75) is 32.7 Å².